The second kappa shape index (κ2) is 11.3. The summed E-state index contributed by atoms with van der Waals surface area (Å²) in [5.74, 6) is -2.18. The molecule has 1 aromatic heterocycles. The fourth-order valence-electron chi connectivity index (χ4n) is 2.77. The number of anilines is 1. The molecule has 0 atom stereocenters. The number of nitrogens with zero attached hydrogens (tertiary/aromatic N) is 3. The molecule has 0 spiro atoms. The van der Waals surface area contributed by atoms with Crippen LogP contribution in [-0.2, 0) is 17.9 Å². The monoisotopic (exact) mass is 577 g/mol. The first-order valence-corrected chi connectivity index (χ1v) is 12.0. The van der Waals surface area contributed by atoms with Gasteiger partial charge in [-0.3, -0.25) is 9.59 Å². The van der Waals surface area contributed by atoms with E-state index in [1.165, 1.54) is 12.1 Å². The van der Waals surface area contributed by atoms with E-state index in [4.69, 9.17) is 23.2 Å². The van der Waals surface area contributed by atoms with Gasteiger partial charge in [-0.2, -0.15) is 0 Å². The number of nitrogens with one attached hydrogen (secondary N) is 2. The van der Waals surface area contributed by atoms with Crippen LogP contribution in [0.25, 0.3) is 0 Å². The van der Waals surface area contributed by atoms with Crippen LogP contribution in [0.4, 0.5) is 14.5 Å². The van der Waals surface area contributed by atoms with Crippen LogP contribution in [0.15, 0.2) is 40.0 Å². The maximum atomic E-state index is 13.9. The van der Waals surface area contributed by atoms with Gasteiger partial charge in [0, 0.05) is 22.1 Å². The molecule has 0 saturated heterocycles. The summed E-state index contributed by atoms with van der Waals surface area (Å²) in [7, 11) is 0. The Hall–Kier alpha value is -2.21. The molecule has 0 radical (unpaired) electrons. The quantitative estimate of drug-likeness (QED) is 0.354. The molecule has 33 heavy (non-hydrogen) atoms. The molecule has 0 aliphatic heterocycles. The fraction of sp³-hybridized carbons (Fsp3) is 0.200. The highest BCUT2D eigenvalue weighted by molar-refractivity contribution is 9.10. The highest BCUT2D eigenvalue weighted by Gasteiger charge is 2.17. The van der Waals surface area contributed by atoms with Gasteiger partial charge in [-0.15, -0.1) is 10.2 Å². The van der Waals surface area contributed by atoms with Crippen molar-refractivity contribution in [2.75, 3.05) is 11.1 Å². The number of hydrogen-bond acceptors (Lipinski definition) is 5. The number of amides is 2. The lowest BCUT2D eigenvalue weighted by Gasteiger charge is -2.10. The van der Waals surface area contributed by atoms with Crippen LogP contribution in [0.2, 0.25) is 10.0 Å². The number of carbonyl (C=O) groups excluding carboxylic acids is 2. The molecule has 0 bridgehead atoms. The molecule has 3 aromatic rings. The zero-order valence-electron chi connectivity index (χ0n) is 17.0. The van der Waals surface area contributed by atoms with E-state index in [2.05, 4.69) is 36.8 Å². The molecule has 2 amide bonds. The maximum Gasteiger partial charge on any atom is 0.253 e. The molecule has 13 heteroatoms. The van der Waals surface area contributed by atoms with Crippen LogP contribution in [0.5, 0.6) is 0 Å². The molecular formula is C20H16BrCl2F2N5O2S. The molecule has 7 nitrogen and oxygen atoms in total. The minimum Gasteiger partial charge on any atom is -0.345 e. The number of rotatable bonds is 8. The lowest BCUT2D eigenvalue weighted by Crippen LogP contribution is -2.25. The highest BCUT2D eigenvalue weighted by atomic mass is 79.9. The van der Waals surface area contributed by atoms with Gasteiger partial charge in [0.1, 0.15) is 5.82 Å². The van der Waals surface area contributed by atoms with E-state index in [9.17, 15) is 18.4 Å². The van der Waals surface area contributed by atoms with E-state index < -0.39 is 23.4 Å². The number of carbonyl (C=O) groups is 2. The minimum absolute atomic E-state index is 0.0825. The zero-order valence-corrected chi connectivity index (χ0v) is 20.9. The SMILES string of the molecule is CCn1c(CNC(=O)c2ccc(Cl)cc2Cl)nnc1SCC(=O)Nc1c(F)cc(F)cc1Br. The summed E-state index contributed by atoms with van der Waals surface area (Å²) in [6.45, 7) is 2.43. The van der Waals surface area contributed by atoms with Gasteiger partial charge < -0.3 is 15.2 Å². The van der Waals surface area contributed by atoms with E-state index >= 15 is 0 Å². The van der Waals surface area contributed by atoms with Crippen molar-refractivity contribution in [2.24, 2.45) is 0 Å². The molecule has 174 valence electrons. The van der Waals surface area contributed by atoms with E-state index in [0.717, 1.165) is 17.8 Å². The highest BCUT2D eigenvalue weighted by Crippen LogP contribution is 2.27. The Balaban J connectivity index is 1.61. The van der Waals surface area contributed by atoms with Crippen LogP contribution >= 0.6 is 50.9 Å². The van der Waals surface area contributed by atoms with E-state index in [-0.39, 0.29) is 33.0 Å². The topological polar surface area (TPSA) is 88.9 Å². The molecule has 2 aromatic carbocycles. The molecule has 0 aliphatic carbocycles. The lowest BCUT2D eigenvalue weighted by atomic mass is 10.2. The summed E-state index contributed by atoms with van der Waals surface area (Å²) in [5.41, 5.74) is 0.123. The number of benzene rings is 2. The summed E-state index contributed by atoms with van der Waals surface area (Å²) in [6, 6.07) is 6.29. The van der Waals surface area contributed by atoms with Gasteiger partial charge in [0.05, 0.1) is 28.6 Å². The van der Waals surface area contributed by atoms with Gasteiger partial charge in [0.15, 0.2) is 16.8 Å². The van der Waals surface area contributed by atoms with Crippen LogP contribution in [0.3, 0.4) is 0 Å². The van der Waals surface area contributed by atoms with Crippen LogP contribution in [-0.4, -0.2) is 32.3 Å². The molecule has 0 saturated carbocycles. The summed E-state index contributed by atoms with van der Waals surface area (Å²) < 4.78 is 28.9. The van der Waals surface area contributed by atoms with Gasteiger partial charge in [-0.1, -0.05) is 35.0 Å². The summed E-state index contributed by atoms with van der Waals surface area (Å²) in [4.78, 5) is 24.7. The van der Waals surface area contributed by atoms with Gasteiger partial charge in [-0.05, 0) is 47.1 Å². The number of thioether (sulfide) groups is 1. The Morgan fingerprint density at radius 2 is 1.94 bits per heavy atom. The Kier molecular flexibility index (Phi) is 8.69. The third kappa shape index (κ3) is 6.44. The average Bonchev–Trinajstić information content (AvgIpc) is 3.14. The molecule has 0 unspecified atom stereocenters. The Morgan fingerprint density at radius 3 is 2.61 bits per heavy atom. The Bertz CT molecular complexity index is 1190. The van der Waals surface area contributed by atoms with Crippen molar-refractivity contribution in [1.82, 2.24) is 20.1 Å². The molecule has 0 fully saturated rings. The first kappa shape index (κ1) is 25.4. The summed E-state index contributed by atoms with van der Waals surface area (Å²) in [5, 5.41) is 14.3. The predicted octanol–water partition coefficient (Wildman–Crippen LogP) is 5.31. The van der Waals surface area contributed by atoms with Crippen molar-refractivity contribution in [3.63, 3.8) is 0 Å². The summed E-state index contributed by atoms with van der Waals surface area (Å²) >= 11 is 16.0. The molecule has 1 heterocycles. The normalized spacial score (nSPS) is 10.8. The van der Waals surface area contributed by atoms with E-state index in [0.29, 0.717) is 28.6 Å². The van der Waals surface area contributed by atoms with Gasteiger partial charge in [0.2, 0.25) is 5.91 Å². The first-order chi connectivity index (χ1) is 15.7. The van der Waals surface area contributed by atoms with Crippen molar-refractivity contribution >= 4 is 68.4 Å². The molecular weight excluding hydrogens is 563 g/mol. The lowest BCUT2D eigenvalue weighted by molar-refractivity contribution is -0.113. The smallest absolute Gasteiger partial charge is 0.253 e. The van der Waals surface area contributed by atoms with E-state index in [1.807, 2.05) is 6.92 Å². The second-order valence-electron chi connectivity index (χ2n) is 6.53. The zero-order chi connectivity index (χ0) is 24.1. The van der Waals surface area contributed by atoms with Crippen molar-refractivity contribution in [3.8, 4) is 0 Å². The van der Waals surface area contributed by atoms with Gasteiger partial charge in [-0.25, -0.2) is 8.78 Å². The molecule has 0 aliphatic rings. The Labute approximate surface area is 210 Å². The van der Waals surface area contributed by atoms with Crippen molar-refractivity contribution in [2.45, 2.75) is 25.2 Å². The maximum absolute atomic E-state index is 13.9. The fourth-order valence-corrected chi connectivity index (χ4v) is 4.59. The third-order valence-electron chi connectivity index (χ3n) is 4.30. The van der Waals surface area contributed by atoms with Crippen molar-refractivity contribution in [1.29, 1.82) is 0 Å². The number of halogens is 5. The first-order valence-electron chi connectivity index (χ1n) is 9.42. The third-order valence-corrected chi connectivity index (χ3v) is 6.44. The minimum atomic E-state index is -0.893. The standard InChI is InChI=1S/C20H16BrCl2F2N5O2S/c1-2-30-16(8-26-19(32)12-4-3-10(22)5-14(12)23)28-29-20(30)33-9-17(31)27-18-13(21)6-11(24)7-15(18)25/h3-7H,2,8-9H2,1H3,(H,26,32)(H,27,31). The van der Waals surface area contributed by atoms with Crippen molar-refractivity contribution in [3.05, 3.63) is 67.9 Å². The van der Waals surface area contributed by atoms with Gasteiger partial charge in [0.25, 0.3) is 5.91 Å². The van der Waals surface area contributed by atoms with Crippen LogP contribution < -0.4 is 10.6 Å². The largest absolute Gasteiger partial charge is 0.345 e. The number of hydrogen-bond donors (Lipinski definition) is 2. The van der Waals surface area contributed by atoms with E-state index in [1.54, 1.807) is 10.6 Å². The number of aromatic nitrogens is 3. The summed E-state index contributed by atoms with van der Waals surface area (Å²) in [6.07, 6.45) is 0. The average molecular weight is 579 g/mol. The van der Waals surface area contributed by atoms with Crippen LogP contribution in [0, 0.1) is 11.6 Å². The van der Waals surface area contributed by atoms with Crippen LogP contribution in [0.1, 0.15) is 23.1 Å². The predicted molar refractivity (Wildman–Crippen MR) is 127 cm³/mol. The molecule has 2 N–H and O–H groups in total. The second-order valence-corrected chi connectivity index (χ2v) is 9.17. The van der Waals surface area contributed by atoms with Gasteiger partial charge >= 0.3 is 0 Å². The Morgan fingerprint density at radius 1 is 1.18 bits per heavy atom. The van der Waals surface area contributed by atoms with Crippen molar-refractivity contribution < 1.29 is 18.4 Å². The molecule has 3 rings (SSSR count).